The molecule has 0 saturated carbocycles. The molecule has 0 aliphatic heterocycles. The number of rotatable bonds is 2. The minimum absolute atomic E-state index is 0.164. The van der Waals surface area contributed by atoms with Crippen molar-refractivity contribution in [3.8, 4) is 0 Å². The van der Waals surface area contributed by atoms with Gasteiger partial charge in [-0.15, -0.1) is 0 Å². The van der Waals surface area contributed by atoms with Crippen LogP contribution in [0.15, 0.2) is 67.8 Å². The number of nitrogens with zero attached hydrogens (tertiary/aromatic N) is 1. The van der Waals surface area contributed by atoms with Gasteiger partial charge in [0.15, 0.2) is 0 Å². The van der Waals surface area contributed by atoms with Gasteiger partial charge in [0.1, 0.15) is 33.5 Å². The van der Waals surface area contributed by atoms with Gasteiger partial charge in [-0.3, -0.25) is 0 Å². The molecular formula is C47H47NO3. The van der Waals surface area contributed by atoms with Gasteiger partial charge < -0.3 is 17.8 Å². The van der Waals surface area contributed by atoms with Crippen molar-refractivity contribution in [2.75, 3.05) is 0 Å². The van der Waals surface area contributed by atoms with Crippen LogP contribution >= 0.6 is 0 Å². The van der Waals surface area contributed by atoms with Gasteiger partial charge in [-0.2, -0.15) is 0 Å². The molecule has 4 nitrogen and oxygen atoms in total. The largest absolute Gasteiger partial charge is 0.456 e. The predicted octanol–water partition coefficient (Wildman–Crippen LogP) is 14.0. The van der Waals surface area contributed by atoms with Crippen LogP contribution in [-0.2, 0) is 28.2 Å². The van der Waals surface area contributed by atoms with Gasteiger partial charge >= 0.3 is 0 Å². The Hall–Kier alpha value is -4.70. The van der Waals surface area contributed by atoms with Crippen LogP contribution < -0.4 is 0 Å². The van der Waals surface area contributed by atoms with Crippen LogP contribution in [0.1, 0.15) is 111 Å². The zero-order valence-corrected chi connectivity index (χ0v) is 32.1. The molecule has 0 aliphatic rings. The van der Waals surface area contributed by atoms with E-state index in [-0.39, 0.29) is 21.7 Å². The smallest absolute Gasteiger partial charge is 0.140 e. The molecule has 0 unspecified atom stereocenters. The van der Waals surface area contributed by atoms with Gasteiger partial charge in [0.2, 0.25) is 0 Å². The first-order chi connectivity index (χ1) is 23.8. The molecule has 0 spiro atoms. The van der Waals surface area contributed by atoms with Gasteiger partial charge in [-0.1, -0.05) is 113 Å². The quantitative estimate of drug-likeness (QED) is 0.183. The SMILES string of the molecule is CC(C)(C)c1cc2oc3c(C(C)(C)C)cc4c5c3c2c2c1oc1c(C(C)(C)C)cc3oc6c(C(C)(C)C)cc(c5c6c3c12)n4Cc1ccccc1. The average Bonchev–Trinajstić information content (AvgIpc) is 3.75. The highest BCUT2D eigenvalue weighted by Crippen LogP contribution is 2.57. The minimum Gasteiger partial charge on any atom is -0.456 e. The second-order valence-electron chi connectivity index (χ2n) is 19.4. The summed E-state index contributed by atoms with van der Waals surface area (Å²) >= 11 is 0. The van der Waals surface area contributed by atoms with Crippen molar-refractivity contribution >= 4 is 87.6 Å². The van der Waals surface area contributed by atoms with E-state index in [0.29, 0.717) is 0 Å². The van der Waals surface area contributed by atoms with Gasteiger partial charge in [-0.25, -0.2) is 0 Å². The van der Waals surface area contributed by atoms with Crippen molar-refractivity contribution in [3.63, 3.8) is 0 Å². The molecule has 6 aromatic carbocycles. The van der Waals surface area contributed by atoms with Crippen molar-refractivity contribution in [2.24, 2.45) is 0 Å². The van der Waals surface area contributed by atoms with E-state index in [1.165, 1.54) is 49.3 Å². The normalized spacial score (nSPS) is 14.4. The van der Waals surface area contributed by atoms with Crippen LogP contribution in [0.25, 0.3) is 87.6 Å². The van der Waals surface area contributed by atoms with Crippen molar-refractivity contribution in [2.45, 2.75) is 111 Å². The van der Waals surface area contributed by atoms with Gasteiger partial charge in [0.25, 0.3) is 0 Å². The number of hydrogen-bond donors (Lipinski definition) is 0. The lowest BCUT2D eigenvalue weighted by atomic mass is 9.80. The third kappa shape index (κ3) is 3.91. The summed E-state index contributed by atoms with van der Waals surface area (Å²) < 4.78 is 24.3. The molecule has 4 heterocycles. The first-order valence-electron chi connectivity index (χ1n) is 18.6. The van der Waals surface area contributed by atoms with E-state index in [1.54, 1.807) is 0 Å². The van der Waals surface area contributed by atoms with Crippen LogP contribution in [0.3, 0.4) is 0 Å². The standard InChI is InChI=1S/C47H47NO3/c1-44(2,3)24-18-28-32-33-29(48(28)22-23-16-14-13-15-17-23)19-25(45(4,5)6)41-37(33)35-31(50-41)21-27(47(10,11)12)43-39(35)38-34-30(49-40(24)36(32)34)20-26(42(38)51-43)46(7,8)9/h13-21H,22H2,1-12H3. The van der Waals surface area contributed by atoms with Crippen molar-refractivity contribution in [1.82, 2.24) is 4.57 Å². The molecule has 10 rings (SSSR count). The maximum atomic E-state index is 7.29. The van der Waals surface area contributed by atoms with Crippen molar-refractivity contribution in [1.29, 1.82) is 0 Å². The third-order valence-electron chi connectivity index (χ3n) is 11.6. The van der Waals surface area contributed by atoms with Crippen LogP contribution in [0.4, 0.5) is 0 Å². The predicted molar refractivity (Wildman–Crippen MR) is 215 cm³/mol. The van der Waals surface area contributed by atoms with E-state index < -0.39 is 0 Å². The summed E-state index contributed by atoms with van der Waals surface area (Å²) in [7, 11) is 0. The van der Waals surface area contributed by atoms with E-state index >= 15 is 0 Å². The Morgan fingerprint density at radius 2 is 0.765 bits per heavy atom. The van der Waals surface area contributed by atoms with Crippen LogP contribution in [-0.4, -0.2) is 4.57 Å². The Labute approximate surface area is 298 Å². The Morgan fingerprint density at radius 3 is 1.16 bits per heavy atom. The fourth-order valence-corrected chi connectivity index (χ4v) is 9.17. The molecule has 4 aromatic heterocycles. The zero-order chi connectivity index (χ0) is 35.9. The number of furan rings is 3. The van der Waals surface area contributed by atoms with E-state index in [9.17, 15) is 0 Å². The fourth-order valence-electron chi connectivity index (χ4n) is 9.17. The van der Waals surface area contributed by atoms with Gasteiger partial charge in [0, 0.05) is 71.9 Å². The maximum Gasteiger partial charge on any atom is 0.140 e. The minimum atomic E-state index is -0.179. The first kappa shape index (κ1) is 31.1. The topological polar surface area (TPSA) is 44.4 Å². The van der Waals surface area contributed by atoms with Crippen LogP contribution in [0, 0.1) is 0 Å². The molecule has 10 aromatic rings. The summed E-state index contributed by atoms with van der Waals surface area (Å²) in [6, 6.07) is 20.3. The van der Waals surface area contributed by atoms with E-state index in [4.69, 9.17) is 13.3 Å². The highest BCUT2D eigenvalue weighted by atomic mass is 16.3. The lowest BCUT2D eigenvalue weighted by molar-refractivity contribution is 0.553. The molecule has 51 heavy (non-hydrogen) atoms. The Morgan fingerprint density at radius 1 is 0.412 bits per heavy atom. The lowest BCUT2D eigenvalue weighted by Crippen LogP contribution is -2.12. The molecule has 0 atom stereocenters. The highest BCUT2D eigenvalue weighted by Gasteiger charge is 2.37. The molecule has 258 valence electrons. The monoisotopic (exact) mass is 673 g/mol. The highest BCUT2D eigenvalue weighted by molar-refractivity contribution is 6.45. The maximum absolute atomic E-state index is 7.29. The van der Waals surface area contributed by atoms with E-state index in [2.05, 4.69) is 142 Å². The summed E-state index contributed by atoms with van der Waals surface area (Å²) in [5.74, 6) is 0. The summed E-state index contributed by atoms with van der Waals surface area (Å²) in [4.78, 5) is 0. The number of benzene rings is 5. The van der Waals surface area contributed by atoms with Gasteiger partial charge in [-0.05, 0) is 51.5 Å². The summed E-state index contributed by atoms with van der Waals surface area (Å²) in [5, 5.41) is 9.54. The third-order valence-corrected chi connectivity index (χ3v) is 11.6. The second-order valence-corrected chi connectivity index (χ2v) is 19.4. The molecule has 0 radical (unpaired) electrons. The summed E-state index contributed by atoms with van der Waals surface area (Å²) in [5.41, 5.74) is 13.6. The lowest BCUT2D eigenvalue weighted by Gasteiger charge is -2.20. The molecule has 4 heteroatoms. The molecule has 0 N–H and O–H groups in total. The van der Waals surface area contributed by atoms with Crippen molar-refractivity contribution < 1.29 is 13.3 Å². The molecular weight excluding hydrogens is 627 g/mol. The van der Waals surface area contributed by atoms with Crippen LogP contribution in [0.5, 0.6) is 0 Å². The first-order valence-corrected chi connectivity index (χ1v) is 18.6. The number of hydrogen-bond acceptors (Lipinski definition) is 3. The average molecular weight is 674 g/mol. The summed E-state index contributed by atoms with van der Waals surface area (Å²) in [6.07, 6.45) is 0. The van der Waals surface area contributed by atoms with Crippen molar-refractivity contribution in [3.05, 3.63) is 82.4 Å². The molecule has 0 aliphatic carbocycles. The molecule has 0 bridgehead atoms. The second kappa shape index (κ2) is 9.20. The molecule has 0 saturated heterocycles. The van der Waals surface area contributed by atoms with E-state index in [0.717, 1.165) is 72.7 Å². The zero-order valence-electron chi connectivity index (χ0n) is 32.1. The van der Waals surface area contributed by atoms with Gasteiger partial charge in [0.05, 0.1) is 11.0 Å². The molecule has 0 fully saturated rings. The van der Waals surface area contributed by atoms with Crippen LogP contribution in [0.2, 0.25) is 0 Å². The Kier molecular flexibility index (Phi) is 5.60. The molecule has 0 amide bonds. The Balaban J connectivity index is 1.62. The van der Waals surface area contributed by atoms with E-state index in [1.807, 2.05) is 0 Å². The number of aromatic nitrogens is 1. The Bertz CT molecular complexity index is 2820. The summed E-state index contributed by atoms with van der Waals surface area (Å²) in [6.45, 7) is 28.3. The fraction of sp³-hybridized carbons (Fsp3) is 0.362.